The van der Waals surface area contributed by atoms with Crippen LogP contribution >= 0.6 is 37.2 Å². The van der Waals surface area contributed by atoms with E-state index in [1.54, 1.807) is 7.11 Å². The number of ether oxygens (including phenoxy) is 2. The molecule has 1 unspecified atom stereocenters. The molecule has 46 heavy (non-hydrogen) atoms. The number of hydrogen-bond donors (Lipinski definition) is 1. The number of benzene rings is 3. The molecule has 5 rings (SSSR count). The summed E-state index contributed by atoms with van der Waals surface area (Å²) in [4.78, 5) is 5.10. The van der Waals surface area contributed by atoms with E-state index in [4.69, 9.17) is 13.9 Å². The molecule has 0 aliphatic carbocycles. The highest BCUT2D eigenvalue weighted by Crippen LogP contribution is 2.47. The molecule has 3 radical (unpaired) electrons. The quantitative estimate of drug-likeness (QED) is 0.254. The Morgan fingerprint density at radius 2 is 1.50 bits per heavy atom. The molecule has 3 aromatic carbocycles. The zero-order valence-electron chi connectivity index (χ0n) is 27.8. The lowest BCUT2D eigenvalue weighted by Gasteiger charge is -2.48. The topological polar surface area (TPSA) is 46.2 Å². The van der Waals surface area contributed by atoms with Gasteiger partial charge in [-0.05, 0) is 45.7 Å². The summed E-state index contributed by atoms with van der Waals surface area (Å²) >= 11 is 0. The number of piperazine rings is 1. The van der Waals surface area contributed by atoms with E-state index in [0.29, 0.717) is 6.61 Å². The monoisotopic (exact) mass is 706 g/mol. The Hall–Kier alpha value is -1.49. The summed E-state index contributed by atoms with van der Waals surface area (Å²) in [5.41, 5.74) is 6.56. The number of nitrogens with one attached hydrogen (secondary N) is 1. The normalized spacial score (nSPS) is 20.5. The van der Waals surface area contributed by atoms with Crippen molar-refractivity contribution in [2.24, 2.45) is 0 Å². The van der Waals surface area contributed by atoms with Gasteiger partial charge in [-0.25, -0.2) is 0 Å². The van der Waals surface area contributed by atoms with Crippen molar-refractivity contribution in [2.75, 3.05) is 66.1 Å². The summed E-state index contributed by atoms with van der Waals surface area (Å²) in [5, 5.41) is 3.90. The van der Waals surface area contributed by atoms with Crippen LogP contribution in [0.4, 0.5) is 0 Å². The van der Waals surface area contributed by atoms with Crippen LogP contribution in [0, 0.1) is 6.92 Å². The van der Waals surface area contributed by atoms with E-state index in [9.17, 15) is 0 Å². The summed E-state index contributed by atoms with van der Waals surface area (Å²) in [6, 6.07) is 26.1. The van der Waals surface area contributed by atoms with Gasteiger partial charge in [0.25, 0.3) is 0 Å². The van der Waals surface area contributed by atoms with Crippen LogP contribution in [0.1, 0.15) is 43.0 Å². The lowest BCUT2D eigenvalue weighted by molar-refractivity contribution is -0.0630. The fourth-order valence-electron chi connectivity index (χ4n) is 7.14. The molecular formula is C36H51Cl3N3O3Si. The van der Waals surface area contributed by atoms with Crippen molar-refractivity contribution >= 4 is 47.7 Å². The molecule has 0 amide bonds. The predicted molar refractivity (Wildman–Crippen MR) is 197 cm³/mol. The molecule has 6 nitrogen and oxygen atoms in total. The smallest absolute Gasteiger partial charge is 0.248 e. The SMILES string of the molecule is COC[C@@H]1CN(CCN2CCN[C@@H](C(O[Si])(c3ccccc3)c3ccc(C)c(C(C)(C)C)c3-c3ccccc3)C2)CCO1.Cl.Cl.Cl. The molecule has 2 aliphatic heterocycles. The largest absolute Gasteiger partial charge is 0.404 e. The van der Waals surface area contributed by atoms with Gasteiger partial charge in [-0.2, -0.15) is 0 Å². The predicted octanol–water partition coefficient (Wildman–Crippen LogP) is 6.19. The fourth-order valence-corrected chi connectivity index (χ4v) is 7.51. The molecule has 0 bridgehead atoms. The Morgan fingerprint density at radius 1 is 0.870 bits per heavy atom. The van der Waals surface area contributed by atoms with Gasteiger partial charge in [-0.15, -0.1) is 37.2 Å². The minimum Gasteiger partial charge on any atom is -0.404 e. The van der Waals surface area contributed by atoms with Crippen molar-refractivity contribution in [3.8, 4) is 11.1 Å². The van der Waals surface area contributed by atoms with Crippen LogP contribution in [-0.2, 0) is 24.9 Å². The minimum absolute atomic E-state index is 0. The Kier molecular flexibility index (Phi) is 16.2. The summed E-state index contributed by atoms with van der Waals surface area (Å²) in [7, 11) is 5.44. The molecule has 2 fully saturated rings. The number of methoxy groups -OCH3 is 1. The second-order valence-corrected chi connectivity index (χ2v) is 13.3. The standard InChI is InChI=1S/C36H48N3O3Si.3ClH/c1-27-16-17-31(33(34(27)35(2,3)4)28-12-8-6-9-13-28)36(42-43,29-14-10-7-11-15-29)32-25-38(19-18-37-32)20-21-39-22-23-41-30(24-39)26-40-5;;;/h6-17,30,32,37H,18-26H2,1-5H3;3*1H/t30-,32+,36?;;;/m0.../s1. The summed E-state index contributed by atoms with van der Waals surface area (Å²) in [6.07, 6.45) is 0.150. The molecule has 2 saturated heterocycles. The fraction of sp³-hybridized carbons (Fsp3) is 0.500. The van der Waals surface area contributed by atoms with Crippen molar-refractivity contribution in [1.82, 2.24) is 15.1 Å². The van der Waals surface area contributed by atoms with E-state index >= 15 is 0 Å². The average molecular weight is 708 g/mol. The Balaban J connectivity index is 0.00000245. The molecule has 0 aromatic heterocycles. The van der Waals surface area contributed by atoms with Crippen LogP contribution in [-0.4, -0.2) is 98.6 Å². The van der Waals surface area contributed by atoms with Crippen LogP contribution in [0.25, 0.3) is 11.1 Å². The number of halogens is 3. The van der Waals surface area contributed by atoms with Crippen LogP contribution in [0.5, 0.6) is 0 Å². The molecule has 10 heteroatoms. The van der Waals surface area contributed by atoms with Gasteiger partial charge in [0, 0.05) is 52.9 Å². The number of nitrogens with zero attached hydrogens (tertiary/aromatic N) is 2. The second kappa shape index (κ2) is 18.3. The van der Waals surface area contributed by atoms with Crippen molar-refractivity contribution in [3.05, 3.63) is 95.1 Å². The van der Waals surface area contributed by atoms with Gasteiger partial charge >= 0.3 is 0 Å². The molecule has 3 atom stereocenters. The van der Waals surface area contributed by atoms with Crippen molar-refractivity contribution in [1.29, 1.82) is 0 Å². The van der Waals surface area contributed by atoms with E-state index in [2.05, 4.69) is 126 Å². The summed E-state index contributed by atoms with van der Waals surface area (Å²) in [5.74, 6) is 0. The maximum atomic E-state index is 6.68. The lowest BCUT2D eigenvalue weighted by Crippen LogP contribution is -2.62. The van der Waals surface area contributed by atoms with Crippen LogP contribution in [0.3, 0.4) is 0 Å². The van der Waals surface area contributed by atoms with Crippen LogP contribution in [0.2, 0.25) is 0 Å². The number of aryl methyl sites for hydroxylation is 1. The zero-order chi connectivity index (χ0) is 30.5. The highest BCUT2D eigenvalue weighted by molar-refractivity contribution is 5.99. The average Bonchev–Trinajstić information content (AvgIpc) is 3.02. The van der Waals surface area contributed by atoms with Gasteiger partial charge in [0.2, 0.25) is 10.5 Å². The van der Waals surface area contributed by atoms with Crippen LogP contribution in [0.15, 0.2) is 72.8 Å². The summed E-state index contributed by atoms with van der Waals surface area (Å²) < 4.78 is 17.9. The second-order valence-electron chi connectivity index (χ2n) is 13.1. The molecule has 2 aliphatic rings. The van der Waals surface area contributed by atoms with Crippen LogP contribution < -0.4 is 5.32 Å². The van der Waals surface area contributed by atoms with E-state index in [1.807, 2.05) is 0 Å². The number of morpholine rings is 1. The Labute approximate surface area is 298 Å². The van der Waals surface area contributed by atoms with Crippen molar-refractivity contribution in [3.63, 3.8) is 0 Å². The molecule has 3 aromatic rings. The number of hydrogen-bond acceptors (Lipinski definition) is 6. The van der Waals surface area contributed by atoms with Crippen molar-refractivity contribution in [2.45, 2.75) is 50.9 Å². The van der Waals surface area contributed by atoms with Gasteiger partial charge in [0.15, 0.2) is 0 Å². The third-order valence-electron chi connectivity index (χ3n) is 9.05. The highest BCUT2D eigenvalue weighted by atomic mass is 35.5. The first-order valence-corrected chi connectivity index (χ1v) is 16.1. The van der Waals surface area contributed by atoms with Gasteiger partial charge in [-0.3, -0.25) is 9.80 Å². The molecule has 253 valence electrons. The summed E-state index contributed by atoms with van der Waals surface area (Å²) in [6.45, 7) is 17.2. The van der Waals surface area contributed by atoms with Gasteiger partial charge < -0.3 is 19.2 Å². The number of rotatable bonds is 10. The van der Waals surface area contributed by atoms with E-state index in [1.165, 1.54) is 27.8 Å². The van der Waals surface area contributed by atoms with Gasteiger partial charge in [0.05, 0.1) is 25.4 Å². The molecule has 0 saturated carbocycles. The lowest BCUT2D eigenvalue weighted by atomic mass is 9.70. The molecular weight excluding hydrogens is 657 g/mol. The molecule has 1 N–H and O–H groups in total. The Bertz CT molecular complexity index is 1330. The zero-order valence-corrected chi connectivity index (χ0v) is 31.2. The Morgan fingerprint density at radius 3 is 2.11 bits per heavy atom. The molecule has 2 heterocycles. The maximum absolute atomic E-state index is 6.68. The first kappa shape index (κ1) is 40.7. The van der Waals surface area contributed by atoms with E-state index in [-0.39, 0.29) is 54.8 Å². The van der Waals surface area contributed by atoms with Gasteiger partial charge in [0.1, 0.15) is 5.60 Å². The first-order valence-electron chi connectivity index (χ1n) is 15.7. The van der Waals surface area contributed by atoms with Gasteiger partial charge in [-0.1, -0.05) is 93.6 Å². The molecule has 0 spiro atoms. The maximum Gasteiger partial charge on any atom is 0.248 e. The first-order chi connectivity index (χ1) is 20.8. The third-order valence-corrected chi connectivity index (χ3v) is 9.37. The minimum atomic E-state index is -0.780. The highest BCUT2D eigenvalue weighted by Gasteiger charge is 2.46. The third kappa shape index (κ3) is 8.94. The van der Waals surface area contributed by atoms with E-state index in [0.717, 1.165) is 58.0 Å². The van der Waals surface area contributed by atoms with E-state index < -0.39 is 5.60 Å². The van der Waals surface area contributed by atoms with Crippen molar-refractivity contribution < 1.29 is 13.9 Å².